The van der Waals surface area contributed by atoms with Crippen LogP contribution in [0.2, 0.25) is 0 Å². The third-order valence-corrected chi connectivity index (χ3v) is 9.12. The fraction of sp³-hybridized carbons (Fsp3) is 0.647. The molecular weight excluding hydrogens is 693 g/mol. The quantitative estimate of drug-likeness (QED) is 0.0352. The Morgan fingerprint density at radius 1 is 0.411 bits per heavy atom. The van der Waals surface area contributed by atoms with E-state index in [0.717, 1.165) is 96.3 Å². The lowest BCUT2D eigenvalue weighted by atomic mass is 10.1. The first-order valence-corrected chi connectivity index (χ1v) is 22.8. The molecule has 5 nitrogen and oxygen atoms in total. The van der Waals surface area contributed by atoms with E-state index in [1.54, 1.807) is 0 Å². The van der Waals surface area contributed by atoms with Crippen molar-refractivity contribution in [1.82, 2.24) is 0 Å². The van der Waals surface area contributed by atoms with Gasteiger partial charge in [0.1, 0.15) is 6.61 Å². The predicted octanol–water partition coefficient (Wildman–Crippen LogP) is 15.1. The first-order chi connectivity index (χ1) is 27.6. The van der Waals surface area contributed by atoms with Crippen LogP contribution in [0.25, 0.3) is 0 Å². The molecule has 1 unspecified atom stereocenters. The van der Waals surface area contributed by atoms with E-state index >= 15 is 0 Å². The molecule has 0 rings (SSSR count). The Hall–Kier alpha value is -3.18. The van der Waals surface area contributed by atoms with Crippen molar-refractivity contribution in [2.45, 2.75) is 194 Å². The molecule has 0 saturated carbocycles. The molecule has 0 amide bonds. The van der Waals surface area contributed by atoms with E-state index in [0.29, 0.717) is 19.4 Å². The number of rotatable bonds is 40. The van der Waals surface area contributed by atoms with Crippen molar-refractivity contribution in [3.8, 4) is 0 Å². The van der Waals surface area contributed by atoms with Crippen molar-refractivity contribution in [1.29, 1.82) is 0 Å². The number of carbonyl (C=O) groups is 2. The summed E-state index contributed by atoms with van der Waals surface area (Å²) >= 11 is 0. The Kier molecular flexibility index (Phi) is 43.6. The second kappa shape index (κ2) is 46.2. The van der Waals surface area contributed by atoms with Crippen molar-refractivity contribution < 1.29 is 23.8 Å². The highest BCUT2D eigenvalue weighted by molar-refractivity contribution is 5.70. The van der Waals surface area contributed by atoms with Crippen LogP contribution in [0, 0.1) is 0 Å². The van der Waals surface area contributed by atoms with E-state index in [1.807, 2.05) is 0 Å². The second-order valence-electron chi connectivity index (χ2n) is 14.6. The summed E-state index contributed by atoms with van der Waals surface area (Å²) in [7, 11) is 0. The number of hydrogen-bond donors (Lipinski definition) is 0. The average Bonchev–Trinajstić information content (AvgIpc) is 3.20. The van der Waals surface area contributed by atoms with E-state index in [1.165, 1.54) is 57.8 Å². The molecule has 0 aliphatic rings. The molecule has 0 spiro atoms. The van der Waals surface area contributed by atoms with Crippen LogP contribution in [0.4, 0.5) is 0 Å². The largest absolute Gasteiger partial charge is 0.462 e. The topological polar surface area (TPSA) is 61.8 Å². The minimum atomic E-state index is -0.581. The molecular formula is C51H84O5. The van der Waals surface area contributed by atoms with Gasteiger partial charge < -0.3 is 14.2 Å². The van der Waals surface area contributed by atoms with Gasteiger partial charge in [-0.15, -0.1) is 0 Å². The van der Waals surface area contributed by atoms with Crippen molar-refractivity contribution in [2.24, 2.45) is 0 Å². The Balaban J connectivity index is 4.20. The lowest BCUT2D eigenvalue weighted by molar-refractivity contribution is -0.162. The van der Waals surface area contributed by atoms with Gasteiger partial charge in [0.25, 0.3) is 0 Å². The highest BCUT2D eigenvalue weighted by atomic mass is 16.6. The molecule has 5 heteroatoms. The Bertz CT molecular complexity index is 1110. The highest BCUT2D eigenvalue weighted by Gasteiger charge is 2.17. The second-order valence-corrected chi connectivity index (χ2v) is 14.6. The standard InChI is InChI=1S/C51H84O5/c1-4-7-10-13-15-17-19-21-23-25-26-27-28-30-32-34-36-39-41-44-50(52)55-48-49(56-51(53)45-42-38-12-9-6-3)47-54-46-43-40-37-35-33-31-29-24-22-20-18-16-14-11-8-5-2/h8,11,15-18,21-24,26-27,31,33,37,40,49H,4-7,9-10,12-14,19-20,25,28-30,32,34-36,38-39,41-48H2,1-3H3/b11-8-,17-15-,18-16-,23-21-,24-22-,27-26-,33-31-,40-37-. The van der Waals surface area contributed by atoms with Gasteiger partial charge in [0.2, 0.25) is 0 Å². The minimum Gasteiger partial charge on any atom is -0.462 e. The first-order valence-electron chi connectivity index (χ1n) is 22.8. The monoisotopic (exact) mass is 777 g/mol. The van der Waals surface area contributed by atoms with Gasteiger partial charge in [-0.2, -0.15) is 0 Å². The van der Waals surface area contributed by atoms with Crippen molar-refractivity contribution in [3.05, 3.63) is 97.2 Å². The highest BCUT2D eigenvalue weighted by Crippen LogP contribution is 2.11. The maximum Gasteiger partial charge on any atom is 0.306 e. The van der Waals surface area contributed by atoms with Crippen molar-refractivity contribution >= 4 is 11.9 Å². The molecule has 0 N–H and O–H groups in total. The lowest BCUT2D eigenvalue weighted by Crippen LogP contribution is -2.30. The number of carbonyl (C=O) groups excluding carboxylic acids is 2. The molecule has 56 heavy (non-hydrogen) atoms. The Morgan fingerprint density at radius 3 is 1.32 bits per heavy atom. The number of ether oxygens (including phenoxy) is 3. The summed E-state index contributed by atoms with van der Waals surface area (Å²) in [5, 5.41) is 0. The first kappa shape index (κ1) is 52.8. The molecule has 0 aromatic heterocycles. The molecule has 0 fully saturated rings. The maximum atomic E-state index is 12.5. The van der Waals surface area contributed by atoms with Gasteiger partial charge in [0.15, 0.2) is 6.10 Å². The van der Waals surface area contributed by atoms with E-state index in [2.05, 4.69) is 118 Å². The molecule has 0 radical (unpaired) electrons. The number of unbranched alkanes of at least 4 members (excludes halogenated alkanes) is 13. The smallest absolute Gasteiger partial charge is 0.306 e. The molecule has 318 valence electrons. The molecule has 0 aliphatic carbocycles. The molecule has 0 aliphatic heterocycles. The Labute approximate surface area is 345 Å². The van der Waals surface area contributed by atoms with Crippen LogP contribution in [0.15, 0.2) is 97.2 Å². The number of hydrogen-bond acceptors (Lipinski definition) is 5. The number of esters is 2. The van der Waals surface area contributed by atoms with Crippen LogP contribution in [0.3, 0.4) is 0 Å². The third-order valence-electron chi connectivity index (χ3n) is 9.12. The molecule has 0 aromatic carbocycles. The molecule has 1 atom stereocenters. The zero-order chi connectivity index (χ0) is 40.7. The van der Waals surface area contributed by atoms with E-state index in [9.17, 15) is 9.59 Å². The molecule has 0 heterocycles. The summed E-state index contributed by atoms with van der Waals surface area (Å²) in [5.74, 6) is -0.473. The van der Waals surface area contributed by atoms with Gasteiger partial charge in [-0.1, -0.05) is 182 Å². The summed E-state index contributed by atoms with van der Waals surface area (Å²) in [5.41, 5.74) is 0. The third kappa shape index (κ3) is 43.5. The minimum absolute atomic E-state index is 0.0432. The average molecular weight is 777 g/mol. The van der Waals surface area contributed by atoms with E-state index < -0.39 is 6.10 Å². The van der Waals surface area contributed by atoms with Crippen LogP contribution >= 0.6 is 0 Å². The SMILES string of the molecule is CC/C=C\C/C=C\C/C=C\C/C=C\C/C=C\CCOCC(COC(=O)CCCCCCCC/C=C\C/C=C\C/C=C\CCCCC)OC(=O)CCCCCCC. The summed E-state index contributed by atoms with van der Waals surface area (Å²) in [6, 6.07) is 0. The fourth-order valence-electron chi connectivity index (χ4n) is 5.76. The van der Waals surface area contributed by atoms with Crippen molar-refractivity contribution in [3.63, 3.8) is 0 Å². The van der Waals surface area contributed by atoms with E-state index in [-0.39, 0.29) is 25.2 Å². The van der Waals surface area contributed by atoms with E-state index in [4.69, 9.17) is 14.2 Å². The summed E-state index contributed by atoms with van der Waals surface area (Å²) in [6.45, 7) is 7.37. The van der Waals surface area contributed by atoms with Gasteiger partial charge in [-0.3, -0.25) is 9.59 Å². The molecule has 0 bridgehead atoms. The summed E-state index contributed by atoms with van der Waals surface area (Å²) < 4.78 is 17.1. The van der Waals surface area contributed by atoms with Gasteiger partial charge in [-0.25, -0.2) is 0 Å². The van der Waals surface area contributed by atoms with Crippen LogP contribution in [0.5, 0.6) is 0 Å². The van der Waals surface area contributed by atoms with Crippen LogP contribution < -0.4 is 0 Å². The predicted molar refractivity (Wildman–Crippen MR) is 242 cm³/mol. The zero-order valence-electron chi connectivity index (χ0n) is 36.4. The fourth-order valence-corrected chi connectivity index (χ4v) is 5.76. The molecule has 0 saturated heterocycles. The number of allylic oxidation sites excluding steroid dienone is 15. The van der Waals surface area contributed by atoms with Gasteiger partial charge >= 0.3 is 11.9 Å². The van der Waals surface area contributed by atoms with Crippen LogP contribution in [0.1, 0.15) is 188 Å². The summed E-state index contributed by atoms with van der Waals surface area (Å²) in [4.78, 5) is 25.0. The zero-order valence-corrected chi connectivity index (χ0v) is 36.4. The maximum absolute atomic E-state index is 12.5. The summed E-state index contributed by atoms with van der Waals surface area (Å²) in [6.07, 6.45) is 61.7. The van der Waals surface area contributed by atoms with Gasteiger partial charge in [0.05, 0.1) is 13.2 Å². The van der Waals surface area contributed by atoms with Gasteiger partial charge in [-0.05, 0) is 89.9 Å². The van der Waals surface area contributed by atoms with Crippen LogP contribution in [-0.2, 0) is 23.8 Å². The van der Waals surface area contributed by atoms with Crippen molar-refractivity contribution in [2.75, 3.05) is 19.8 Å². The Morgan fingerprint density at radius 2 is 0.804 bits per heavy atom. The van der Waals surface area contributed by atoms with Gasteiger partial charge in [0, 0.05) is 12.8 Å². The lowest BCUT2D eigenvalue weighted by Gasteiger charge is -2.18. The normalized spacial score (nSPS) is 13.1. The van der Waals surface area contributed by atoms with Crippen LogP contribution in [-0.4, -0.2) is 37.9 Å². The molecule has 0 aromatic rings.